The number of amides is 1. The van der Waals surface area contributed by atoms with Crippen molar-refractivity contribution in [3.05, 3.63) is 64.4 Å². The zero-order valence-electron chi connectivity index (χ0n) is 12.1. The van der Waals surface area contributed by atoms with Crippen LogP contribution in [0.3, 0.4) is 0 Å². The molecule has 0 saturated carbocycles. The van der Waals surface area contributed by atoms with Gasteiger partial charge in [0.15, 0.2) is 0 Å². The number of nitrogens with zero attached hydrogens (tertiary/aromatic N) is 3. The number of aromatic nitrogens is 4. The van der Waals surface area contributed by atoms with E-state index in [9.17, 15) is 4.79 Å². The Balaban J connectivity index is 2.12. The minimum atomic E-state index is -0.281. The van der Waals surface area contributed by atoms with Gasteiger partial charge in [0.1, 0.15) is 6.04 Å². The fraction of sp³-hybridized carbons (Fsp3) is 0.133. The van der Waals surface area contributed by atoms with Gasteiger partial charge in [-0.2, -0.15) is 0 Å². The molecule has 1 atom stereocenters. The lowest BCUT2D eigenvalue weighted by molar-refractivity contribution is -0.114. The zero-order chi connectivity index (χ0) is 16.4. The minimum Gasteiger partial charge on any atom is -0.346 e. The zero-order valence-corrected chi connectivity index (χ0v) is 13.6. The van der Waals surface area contributed by atoms with Crippen LogP contribution in [0.2, 0.25) is 10.0 Å². The van der Waals surface area contributed by atoms with Gasteiger partial charge in [0.05, 0.1) is 28.3 Å². The smallest absolute Gasteiger partial charge is 0.223 e. The molecule has 0 bridgehead atoms. The molecule has 0 fully saturated rings. The maximum Gasteiger partial charge on any atom is 0.223 e. The van der Waals surface area contributed by atoms with Crippen molar-refractivity contribution in [2.24, 2.45) is 0 Å². The van der Waals surface area contributed by atoms with Crippen molar-refractivity contribution in [3.63, 3.8) is 0 Å². The van der Waals surface area contributed by atoms with E-state index in [1.807, 2.05) is 10.6 Å². The highest BCUT2D eigenvalue weighted by molar-refractivity contribution is 6.42. The molecule has 1 aromatic carbocycles. The fourth-order valence-electron chi connectivity index (χ4n) is 2.36. The molecule has 0 aliphatic carbocycles. The van der Waals surface area contributed by atoms with Crippen LogP contribution < -0.4 is 5.32 Å². The molecule has 0 aliphatic rings. The number of aromatic amines is 1. The first kappa shape index (κ1) is 15.6. The Hall–Kier alpha value is -2.31. The van der Waals surface area contributed by atoms with Crippen LogP contribution >= 0.6 is 23.2 Å². The van der Waals surface area contributed by atoms with Gasteiger partial charge in [-0.05, 0) is 17.7 Å². The number of nitrogens with one attached hydrogen (secondary N) is 2. The monoisotopic (exact) mass is 349 g/mol. The van der Waals surface area contributed by atoms with Crippen molar-refractivity contribution >= 4 is 35.1 Å². The van der Waals surface area contributed by atoms with Gasteiger partial charge in [-0.3, -0.25) is 10.1 Å². The summed E-state index contributed by atoms with van der Waals surface area (Å²) in [5.74, 6) is 0.234. The number of carbonyl (C=O) groups is 1. The summed E-state index contributed by atoms with van der Waals surface area (Å²) in [6, 6.07) is 5.11. The average molecular weight is 350 g/mol. The first-order valence-electron chi connectivity index (χ1n) is 6.80. The van der Waals surface area contributed by atoms with Crippen molar-refractivity contribution < 1.29 is 4.79 Å². The van der Waals surface area contributed by atoms with E-state index < -0.39 is 0 Å². The SMILES string of the molecule is CC(=O)Nc1nccn1C(c1ccc(Cl)c(Cl)c1)c1cnc[nH]1. The highest BCUT2D eigenvalue weighted by atomic mass is 35.5. The molecule has 1 unspecified atom stereocenters. The van der Waals surface area contributed by atoms with Crippen LogP contribution in [0.25, 0.3) is 0 Å². The topological polar surface area (TPSA) is 75.6 Å². The van der Waals surface area contributed by atoms with Gasteiger partial charge in [0.2, 0.25) is 11.9 Å². The van der Waals surface area contributed by atoms with E-state index in [1.165, 1.54) is 6.92 Å². The quantitative estimate of drug-likeness (QED) is 0.756. The summed E-state index contributed by atoms with van der Waals surface area (Å²) >= 11 is 12.2. The molecule has 3 aromatic rings. The Bertz CT molecular complexity index is 828. The largest absolute Gasteiger partial charge is 0.346 e. The molecule has 1 amide bonds. The number of hydrogen-bond acceptors (Lipinski definition) is 3. The first-order chi connectivity index (χ1) is 11.1. The van der Waals surface area contributed by atoms with Crippen molar-refractivity contribution in [1.82, 2.24) is 19.5 Å². The van der Waals surface area contributed by atoms with E-state index in [0.717, 1.165) is 11.3 Å². The van der Waals surface area contributed by atoms with Crippen LogP contribution in [0.4, 0.5) is 5.95 Å². The molecule has 2 heterocycles. The fourth-order valence-corrected chi connectivity index (χ4v) is 2.67. The number of rotatable bonds is 4. The third kappa shape index (κ3) is 3.23. The van der Waals surface area contributed by atoms with E-state index in [-0.39, 0.29) is 11.9 Å². The van der Waals surface area contributed by atoms with Crippen molar-refractivity contribution in [2.45, 2.75) is 13.0 Å². The third-order valence-electron chi connectivity index (χ3n) is 3.31. The van der Waals surface area contributed by atoms with Crippen LogP contribution in [0.1, 0.15) is 24.2 Å². The number of anilines is 1. The Morgan fingerprint density at radius 1 is 1.35 bits per heavy atom. The maximum absolute atomic E-state index is 11.4. The second-order valence-electron chi connectivity index (χ2n) is 4.92. The molecule has 8 heteroatoms. The van der Waals surface area contributed by atoms with Gasteiger partial charge < -0.3 is 9.55 Å². The molecule has 2 aromatic heterocycles. The first-order valence-corrected chi connectivity index (χ1v) is 7.55. The average Bonchev–Trinajstić information content (AvgIpc) is 3.16. The summed E-state index contributed by atoms with van der Waals surface area (Å²) in [6.45, 7) is 1.43. The number of H-pyrrole nitrogens is 1. The molecule has 3 rings (SSSR count). The van der Waals surface area contributed by atoms with E-state index in [1.54, 1.807) is 37.1 Å². The summed E-state index contributed by atoms with van der Waals surface area (Å²) in [5, 5.41) is 3.64. The Labute approximate surface area is 142 Å². The van der Waals surface area contributed by atoms with Gasteiger partial charge in [-0.25, -0.2) is 9.97 Å². The van der Waals surface area contributed by atoms with Gasteiger partial charge in [0.25, 0.3) is 0 Å². The second-order valence-corrected chi connectivity index (χ2v) is 5.74. The highest BCUT2D eigenvalue weighted by Gasteiger charge is 2.21. The highest BCUT2D eigenvalue weighted by Crippen LogP contribution is 2.32. The molecule has 118 valence electrons. The molecule has 0 aliphatic heterocycles. The maximum atomic E-state index is 11.4. The van der Waals surface area contributed by atoms with Gasteiger partial charge in [-0.1, -0.05) is 29.3 Å². The summed E-state index contributed by atoms with van der Waals surface area (Å²) in [5.41, 5.74) is 1.71. The van der Waals surface area contributed by atoms with Crippen molar-refractivity contribution in [1.29, 1.82) is 0 Å². The normalized spacial score (nSPS) is 12.1. The standard InChI is InChI=1S/C15H13Cl2N5O/c1-9(23)21-15-19-4-5-22(15)14(13-7-18-8-20-13)10-2-3-11(16)12(17)6-10/h2-8,14H,1H3,(H,18,20)(H,19,21,23). The predicted octanol–water partition coefficient (Wildman–Crippen LogP) is 3.51. The lowest BCUT2D eigenvalue weighted by Gasteiger charge is -2.20. The number of imidazole rings is 2. The number of benzene rings is 1. The number of carbonyl (C=O) groups excluding carboxylic acids is 1. The lowest BCUT2D eigenvalue weighted by atomic mass is 10.0. The Morgan fingerprint density at radius 2 is 2.17 bits per heavy atom. The summed E-state index contributed by atoms with van der Waals surface area (Å²) in [6.07, 6.45) is 6.70. The van der Waals surface area contributed by atoms with Crippen LogP contribution in [0.15, 0.2) is 43.1 Å². The Kier molecular flexibility index (Phi) is 4.36. The van der Waals surface area contributed by atoms with E-state index in [0.29, 0.717) is 16.0 Å². The molecule has 6 nitrogen and oxygen atoms in total. The van der Waals surface area contributed by atoms with Crippen LogP contribution in [-0.2, 0) is 4.79 Å². The molecule has 2 N–H and O–H groups in total. The summed E-state index contributed by atoms with van der Waals surface area (Å²) in [7, 11) is 0. The van der Waals surface area contributed by atoms with Gasteiger partial charge in [0, 0.05) is 19.3 Å². The van der Waals surface area contributed by atoms with Crippen molar-refractivity contribution in [3.8, 4) is 0 Å². The molecule has 0 radical (unpaired) electrons. The molecule has 0 spiro atoms. The van der Waals surface area contributed by atoms with Crippen LogP contribution in [-0.4, -0.2) is 25.4 Å². The molecule has 0 saturated heterocycles. The molecular formula is C15H13Cl2N5O. The van der Waals surface area contributed by atoms with E-state index >= 15 is 0 Å². The van der Waals surface area contributed by atoms with Gasteiger partial charge in [-0.15, -0.1) is 0 Å². The number of halogens is 2. The summed E-state index contributed by atoms with van der Waals surface area (Å²) < 4.78 is 1.83. The third-order valence-corrected chi connectivity index (χ3v) is 4.05. The predicted molar refractivity (Wildman–Crippen MR) is 88.8 cm³/mol. The molecule has 23 heavy (non-hydrogen) atoms. The summed E-state index contributed by atoms with van der Waals surface area (Å²) in [4.78, 5) is 22.7. The van der Waals surface area contributed by atoms with E-state index in [2.05, 4.69) is 20.3 Å². The van der Waals surface area contributed by atoms with E-state index in [4.69, 9.17) is 23.2 Å². The van der Waals surface area contributed by atoms with Crippen LogP contribution in [0, 0.1) is 0 Å². The van der Waals surface area contributed by atoms with Crippen LogP contribution in [0.5, 0.6) is 0 Å². The minimum absolute atomic E-state index is 0.199. The Morgan fingerprint density at radius 3 is 2.83 bits per heavy atom. The van der Waals surface area contributed by atoms with Crippen molar-refractivity contribution in [2.75, 3.05) is 5.32 Å². The van der Waals surface area contributed by atoms with Gasteiger partial charge >= 0.3 is 0 Å². The second kappa shape index (κ2) is 6.44. The molecular weight excluding hydrogens is 337 g/mol. The number of hydrogen-bond donors (Lipinski definition) is 2. The lowest BCUT2D eigenvalue weighted by Crippen LogP contribution is -2.18.